The fraction of sp³-hybridized carbons (Fsp3) is 0.217. The quantitative estimate of drug-likeness (QED) is 0.461. The molecule has 2 aromatic carbocycles. The van der Waals surface area contributed by atoms with Crippen LogP contribution in [-0.2, 0) is 14.8 Å². The molecule has 0 fully saturated rings. The molecule has 0 unspecified atom stereocenters. The van der Waals surface area contributed by atoms with Crippen LogP contribution in [0.15, 0.2) is 59.5 Å². The molecule has 0 atom stereocenters. The summed E-state index contributed by atoms with van der Waals surface area (Å²) in [7, 11) is -3.84. The van der Waals surface area contributed by atoms with E-state index in [0.717, 1.165) is 0 Å². The number of para-hydroxylation sites is 2. The van der Waals surface area contributed by atoms with Crippen LogP contribution in [0, 0.1) is 13.8 Å². The monoisotopic (exact) mass is 455 g/mol. The van der Waals surface area contributed by atoms with Crippen LogP contribution in [-0.4, -0.2) is 31.4 Å². The molecule has 1 amide bonds. The number of sulfonamides is 1. The Morgan fingerprint density at radius 3 is 2.16 bits per heavy atom. The number of carbonyl (C=O) groups excluding carboxylic acids is 2. The minimum atomic E-state index is -3.84. The van der Waals surface area contributed by atoms with Crippen molar-refractivity contribution >= 4 is 33.3 Å². The maximum absolute atomic E-state index is 13.0. The second-order valence-electron chi connectivity index (χ2n) is 7.50. The van der Waals surface area contributed by atoms with Crippen LogP contribution in [0.4, 0.5) is 11.4 Å². The van der Waals surface area contributed by atoms with E-state index in [4.69, 9.17) is 4.74 Å². The molecule has 0 spiro atoms. The van der Waals surface area contributed by atoms with Gasteiger partial charge in [0.2, 0.25) is 0 Å². The van der Waals surface area contributed by atoms with Crippen LogP contribution >= 0.6 is 0 Å². The van der Waals surface area contributed by atoms with Gasteiger partial charge in [0.25, 0.3) is 15.9 Å². The van der Waals surface area contributed by atoms with Crippen LogP contribution in [0.1, 0.15) is 46.0 Å². The molecule has 0 bridgehead atoms. The largest absolute Gasteiger partial charge is 0.459 e. The lowest BCUT2D eigenvalue weighted by Gasteiger charge is -2.13. The smallest absolute Gasteiger partial charge is 0.340 e. The van der Waals surface area contributed by atoms with Crippen LogP contribution in [0.3, 0.4) is 0 Å². The number of nitrogens with one attached hydrogen (secondary N) is 3. The molecule has 32 heavy (non-hydrogen) atoms. The summed E-state index contributed by atoms with van der Waals surface area (Å²) in [5.41, 5.74) is 1.95. The maximum atomic E-state index is 13.0. The highest BCUT2D eigenvalue weighted by molar-refractivity contribution is 7.92. The van der Waals surface area contributed by atoms with E-state index < -0.39 is 21.9 Å². The first-order valence-electron chi connectivity index (χ1n) is 9.98. The van der Waals surface area contributed by atoms with Crippen LogP contribution in [0.25, 0.3) is 0 Å². The molecule has 0 saturated carbocycles. The van der Waals surface area contributed by atoms with E-state index >= 15 is 0 Å². The third kappa shape index (κ3) is 5.00. The van der Waals surface area contributed by atoms with E-state index in [1.165, 1.54) is 12.1 Å². The predicted molar refractivity (Wildman–Crippen MR) is 122 cm³/mol. The van der Waals surface area contributed by atoms with Gasteiger partial charge < -0.3 is 15.0 Å². The minimum Gasteiger partial charge on any atom is -0.459 e. The van der Waals surface area contributed by atoms with Crippen molar-refractivity contribution in [2.75, 3.05) is 10.0 Å². The molecule has 3 N–H and O–H groups in total. The average Bonchev–Trinajstić information content (AvgIpc) is 3.03. The molecule has 0 aliphatic rings. The van der Waals surface area contributed by atoms with Crippen molar-refractivity contribution in [1.82, 2.24) is 4.98 Å². The highest BCUT2D eigenvalue weighted by Crippen LogP contribution is 2.26. The molecule has 8 nitrogen and oxygen atoms in total. The maximum Gasteiger partial charge on any atom is 0.340 e. The third-order valence-electron chi connectivity index (χ3n) is 4.68. The minimum absolute atomic E-state index is 0.102. The second kappa shape index (κ2) is 9.27. The number of hydrogen-bond donors (Lipinski definition) is 3. The Labute approximate surface area is 187 Å². The predicted octanol–water partition coefficient (Wildman–Crippen LogP) is 4.25. The SMILES string of the molecule is Cc1[nH]c(C(=O)Nc2ccccc2NS(=O)(=O)c2ccccc2)c(C)c1C(=O)OC(C)C. The molecule has 9 heteroatoms. The number of ether oxygens (including phenoxy) is 1. The number of amides is 1. The lowest BCUT2D eigenvalue weighted by molar-refractivity contribution is 0.0376. The summed E-state index contributed by atoms with van der Waals surface area (Å²) in [5, 5.41) is 2.71. The van der Waals surface area contributed by atoms with Crippen molar-refractivity contribution in [2.45, 2.75) is 38.7 Å². The Bertz CT molecular complexity index is 1250. The highest BCUT2D eigenvalue weighted by atomic mass is 32.2. The molecule has 3 aromatic rings. The van der Waals surface area contributed by atoms with Gasteiger partial charge in [0.1, 0.15) is 5.69 Å². The van der Waals surface area contributed by atoms with Crippen molar-refractivity contribution in [3.8, 4) is 0 Å². The Kier molecular flexibility index (Phi) is 6.69. The Morgan fingerprint density at radius 2 is 1.53 bits per heavy atom. The van der Waals surface area contributed by atoms with Crippen molar-refractivity contribution in [1.29, 1.82) is 0 Å². The van der Waals surface area contributed by atoms with Crippen molar-refractivity contribution in [2.24, 2.45) is 0 Å². The van der Waals surface area contributed by atoms with Crippen LogP contribution < -0.4 is 10.0 Å². The Morgan fingerprint density at radius 1 is 0.938 bits per heavy atom. The molecular formula is C23H25N3O5S. The summed E-state index contributed by atoms with van der Waals surface area (Å²) in [5.74, 6) is -1.03. The number of benzene rings is 2. The molecule has 3 rings (SSSR count). The van der Waals surface area contributed by atoms with Gasteiger partial charge in [0.05, 0.1) is 27.9 Å². The number of H-pyrrole nitrogens is 1. The first kappa shape index (κ1) is 23.1. The van der Waals surface area contributed by atoms with Crippen molar-refractivity contribution in [3.05, 3.63) is 77.1 Å². The molecule has 1 aromatic heterocycles. The number of carbonyl (C=O) groups is 2. The van der Waals surface area contributed by atoms with Gasteiger partial charge in [-0.1, -0.05) is 30.3 Å². The Balaban J connectivity index is 1.87. The van der Waals surface area contributed by atoms with E-state index in [9.17, 15) is 18.0 Å². The van der Waals surface area contributed by atoms with Gasteiger partial charge in [0.15, 0.2) is 0 Å². The molecule has 0 aliphatic carbocycles. The fourth-order valence-electron chi connectivity index (χ4n) is 3.23. The number of esters is 1. The summed E-state index contributed by atoms with van der Waals surface area (Å²) in [6, 6.07) is 14.4. The lowest BCUT2D eigenvalue weighted by atomic mass is 10.1. The Hall–Kier alpha value is -3.59. The standard InChI is InChI=1S/C23H25N3O5S/c1-14(2)31-23(28)20-15(3)21(24-16(20)4)22(27)25-18-12-8-9-13-19(18)26-32(29,30)17-10-6-5-7-11-17/h5-14,24,26H,1-4H3,(H,25,27). The molecule has 168 valence electrons. The van der Waals surface area contributed by atoms with Gasteiger partial charge in [-0.05, 0) is 57.5 Å². The molecule has 0 radical (unpaired) electrons. The topological polar surface area (TPSA) is 117 Å². The zero-order chi connectivity index (χ0) is 23.5. The van der Waals surface area contributed by atoms with Crippen molar-refractivity contribution in [3.63, 3.8) is 0 Å². The zero-order valence-corrected chi connectivity index (χ0v) is 19.0. The summed E-state index contributed by atoms with van der Waals surface area (Å²) in [6.07, 6.45) is -0.294. The number of anilines is 2. The number of hydrogen-bond acceptors (Lipinski definition) is 5. The van der Waals surface area contributed by atoms with E-state index in [0.29, 0.717) is 16.8 Å². The lowest BCUT2D eigenvalue weighted by Crippen LogP contribution is -2.18. The molecule has 1 heterocycles. The van der Waals surface area contributed by atoms with Gasteiger partial charge in [-0.15, -0.1) is 0 Å². The zero-order valence-electron chi connectivity index (χ0n) is 18.2. The van der Waals surface area contributed by atoms with E-state index in [-0.39, 0.29) is 28.1 Å². The van der Waals surface area contributed by atoms with Crippen LogP contribution in [0.2, 0.25) is 0 Å². The van der Waals surface area contributed by atoms with Gasteiger partial charge in [-0.3, -0.25) is 9.52 Å². The molecular weight excluding hydrogens is 430 g/mol. The van der Waals surface area contributed by atoms with Crippen molar-refractivity contribution < 1.29 is 22.7 Å². The number of aryl methyl sites for hydroxylation is 1. The molecule has 0 aliphatic heterocycles. The first-order chi connectivity index (χ1) is 15.1. The van der Waals surface area contributed by atoms with Gasteiger partial charge in [-0.2, -0.15) is 0 Å². The normalized spacial score (nSPS) is 11.3. The van der Waals surface area contributed by atoms with Gasteiger partial charge in [-0.25, -0.2) is 13.2 Å². The number of rotatable bonds is 7. The molecule has 0 saturated heterocycles. The number of aromatic amines is 1. The third-order valence-corrected chi connectivity index (χ3v) is 6.07. The van der Waals surface area contributed by atoms with E-state index in [1.54, 1.807) is 70.2 Å². The van der Waals surface area contributed by atoms with Gasteiger partial charge in [0, 0.05) is 5.69 Å². The highest BCUT2D eigenvalue weighted by Gasteiger charge is 2.24. The second-order valence-corrected chi connectivity index (χ2v) is 9.18. The summed E-state index contributed by atoms with van der Waals surface area (Å²) < 4.78 is 33.1. The van der Waals surface area contributed by atoms with Gasteiger partial charge >= 0.3 is 5.97 Å². The van der Waals surface area contributed by atoms with E-state index in [2.05, 4.69) is 15.0 Å². The van der Waals surface area contributed by atoms with E-state index in [1.807, 2.05) is 0 Å². The first-order valence-corrected chi connectivity index (χ1v) is 11.5. The summed E-state index contributed by atoms with van der Waals surface area (Å²) in [6.45, 7) is 6.83. The summed E-state index contributed by atoms with van der Waals surface area (Å²) in [4.78, 5) is 28.4. The average molecular weight is 456 g/mol. The van der Waals surface area contributed by atoms with Crippen LogP contribution in [0.5, 0.6) is 0 Å². The number of aromatic nitrogens is 1. The fourth-order valence-corrected chi connectivity index (χ4v) is 4.33. The summed E-state index contributed by atoms with van der Waals surface area (Å²) >= 11 is 0.